The second-order valence-corrected chi connectivity index (χ2v) is 5.49. The molecule has 0 bridgehead atoms. The average Bonchev–Trinajstić information content (AvgIpc) is 3.18. The van der Waals surface area contributed by atoms with Crippen LogP contribution < -0.4 is 5.32 Å². The van der Waals surface area contributed by atoms with Crippen molar-refractivity contribution in [1.82, 2.24) is 20.1 Å². The Balaban J connectivity index is 1.64. The monoisotopic (exact) mass is 318 g/mol. The van der Waals surface area contributed by atoms with Crippen LogP contribution in [0.2, 0.25) is 0 Å². The summed E-state index contributed by atoms with van der Waals surface area (Å²) in [7, 11) is 0. The average molecular weight is 318 g/mol. The van der Waals surface area contributed by atoms with Crippen molar-refractivity contribution >= 4 is 5.91 Å². The Hall–Kier alpha value is -2.28. The molecule has 0 aliphatic carbocycles. The summed E-state index contributed by atoms with van der Waals surface area (Å²) in [6, 6.07) is 2.67. The van der Waals surface area contributed by atoms with Crippen molar-refractivity contribution in [2.24, 2.45) is 0 Å². The number of rotatable bonds is 5. The highest BCUT2D eigenvalue weighted by atomic mass is 19.1. The van der Waals surface area contributed by atoms with Gasteiger partial charge < -0.3 is 10.1 Å². The molecule has 3 heterocycles. The maximum Gasteiger partial charge on any atom is 0.226 e. The molecule has 23 heavy (non-hydrogen) atoms. The van der Waals surface area contributed by atoms with Gasteiger partial charge in [0.1, 0.15) is 11.9 Å². The summed E-state index contributed by atoms with van der Waals surface area (Å²) in [5.41, 5.74) is 1.10. The molecule has 0 aromatic carbocycles. The molecule has 0 saturated carbocycles. The van der Waals surface area contributed by atoms with Crippen LogP contribution in [0, 0.1) is 5.82 Å². The zero-order chi connectivity index (χ0) is 16.2. The second kappa shape index (κ2) is 6.87. The van der Waals surface area contributed by atoms with Crippen LogP contribution in [0.1, 0.15) is 30.7 Å². The van der Waals surface area contributed by atoms with E-state index in [2.05, 4.69) is 15.4 Å². The van der Waals surface area contributed by atoms with Crippen molar-refractivity contribution in [2.45, 2.75) is 38.5 Å². The molecule has 2 atom stereocenters. The van der Waals surface area contributed by atoms with Gasteiger partial charge in [-0.05, 0) is 25.5 Å². The van der Waals surface area contributed by atoms with Crippen LogP contribution in [0.15, 0.2) is 30.7 Å². The lowest BCUT2D eigenvalue weighted by Crippen LogP contribution is -2.37. The minimum absolute atomic E-state index is 0.0793. The Bertz CT molecular complexity index is 688. The molecule has 7 heteroatoms. The second-order valence-electron chi connectivity index (χ2n) is 5.49. The predicted molar refractivity (Wildman–Crippen MR) is 81.0 cm³/mol. The van der Waals surface area contributed by atoms with E-state index in [-0.39, 0.29) is 30.2 Å². The van der Waals surface area contributed by atoms with E-state index in [0.717, 1.165) is 18.5 Å². The summed E-state index contributed by atoms with van der Waals surface area (Å²) in [5.74, 6) is -0.725. The van der Waals surface area contributed by atoms with E-state index in [0.29, 0.717) is 6.61 Å². The number of carbonyl (C=O) groups excluding carboxylic acids is 1. The summed E-state index contributed by atoms with van der Waals surface area (Å²) in [4.78, 5) is 16.1. The number of pyridine rings is 1. The van der Waals surface area contributed by atoms with Crippen LogP contribution in [0.5, 0.6) is 0 Å². The van der Waals surface area contributed by atoms with E-state index in [9.17, 15) is 9.18 Å². The number of hydrogen-bond acceptors (Lipinski definition) is 4. The van der Waals surface area contributed by atoms with E-state index in [4.69, 9.17) is 4.74 Å². The first-order valence-corrected chi connectivity index (χ1v) is 7.70. The largest absolute Gasteiger partial charge is 0.371 e. The number of nitrogens with zero attached hydrogens (tertiary/aromatic N) is 3. The number of halogens is 1. The van der Waals surface area contributed by atoms with Gasteiger partial charge in [0.15, 0.2) is 0 Å². The topological polar surface area (TPSA) is 69.0 Å². The fourth-order valence-corrected chi connectivity index (χ4v) is 2.72. The van der Waals surface area contributed by atoms with Crippen LogP contribution in [0.25, 0.3) is 0 Å². The van der Waals surface area contributed by atoms with Crippen molar-refractivity contribution in [1.29, 1.82) is 0 Å². The summed E-state index contributed by atoms with van der Waals surface area (Å²) in [6.07, 6.45) is 5.59. The zero-order valence-electron chi connectivity index (χ0n) is 12.9. The highest BCUT2D eigenvalue weighted by Gasteiger charge is 2.32. The minimum atomic E-state index is -0.467. The molecule has 0 radical (unpaired) electrons. The Morgan fingerprint density at radius 3 is 3.17 bits per heavy atom. The molecule has 1 aliphatic rings. The van der Waals surface area contributed by atoms with Crippen LogP contribution in [-0.2, 0) is 22.5 Å². The first-order valence-electron chi connectivity index (χ1n) is 7.70. The Labute approximate surface area is 133 Å². The van der Waals surface area contributed by atoms with Crippen molar-refractivity contribution in [3.8, 4) is 0 Å². The maximum atomic E-state index is 13.6. The molecule has 2 aromatic rings. The molecule has 2 aromatic heterocycles. The first-order chi connectivity index (χ1) is 11.2. The molecule has 0 unspecified atom stereocenters. The van der Waals surface area contributed by atoms with E-state index in [1.807, 2.05) is 17.8 Å². The summed E-state index contributed by atoms with van der Waals surface area (Å²) in [5, 5.41) is 7.16. The number of hydrogen-bond donors (Lipinski definition) is 1. The fraction of sp³-hybridized carbons (Fsp3) is 0.438. The number of aromatic nitrogens is 3. The van der Waals surface area contributed by atoms with Gasteiger partial charge in [0, 0.05) is 31.1 Å². The third-order valence-corrected chi connectivity index (χ3v) is 3.91. The number of nitrogens with one attached hydrogen (secondary N) is 1. The molecule has 1 saturated heterocycles. The zero-order valence-corrected chi connectivity index (χ0v) is 12.9. The Kier molecular flexibility index (Phi) is 4.66. The molecule has 0 spiro atoms. The van der Waals surface area contributed by atoms with Crippen molar-refractivity contribution in [3.05, 3.63) is 47.8 Å². The molecule has 1 fully saturated rings. The minimum Gasteiger partial charge on any atom is -0.371 e. The quantitative estimate of drug-likeness (QED) is 0.910. The van der Waals surface area contributed by atoms with Gasteiger partial charge in [0.05, 0.1) is 24.4 Å². The van der Waals surface area contributed by atoms with Gasteiger partial charge in [-0.25, -0.2) is 4.39 Å². The van der Waals surface area contributed by atoms with E-state index >= 15 is 0 Å². The SMILES string of the molecule is CCn1cc([C@H]2OCC[C@@H]2NC(=O)Cc2ncccc2F)cn1. The van der Waals surface area contributed by atoms with Crippen LogP contribution in [-0.4, -0.2) is 33.3 Å². The van der Waals surface area contributed by atoms with E-state index in [1.54, 1.807) is 6.20 Å². The number of amides is 1. The predicted octanol–water partition coefficient (Wildman–Crippen LogP) is 1.63. The molecule has 1 amide bonds. The van der Waals surface area contributed by atoms with Gasteiger partial charge >= 0.3 is 0 Å². The summed E-state index contributed by atoms with van der Waals surface area (Å²) in [6.45, 7) is 3.36. The lowest BCUT2D eigenvalue weighted by atomic mass is 10.1. The third kappa shape index (κ3) is 3.56. The molecule has 1 aliphatic heterocycles. The summed E-state index contributed by atoms with van der Waals surface area (Å²) < 4.78 is 21.1. The number of ether oxygens (including phenoxy) is 1. The van der Waals surface area contributed by atoms with Gasteiger partial charge in [0.2, 0.25) is 5.91 Å². The number of carbonyl (C=O) groups is 1. The van der Waals surface area contributed by atoms with Gasteiger partial charge in [-0.2, -0.15) is 5.10 Å². The fourth-order valence-electron chi connectivity index (χ4n) is 2.72. The van der Waals surface area contributed by atoms with Gasteiger partial charge in [-0.1, -0.05) is 0 Å². The van der Waals surface area contributed by atoms with Crippen molar-refractivity contribution < 1.29 is 13.9 Å². The standard InChI is InChI=1S/C16H19FN4O2/c1-2-21-10-11(9-19-21)16-13(5-7-23-16)20-15(22)8-14-12(17)4-3-6-18-14/h3-4,6,9-10,13,16H,2,5,7-8H2,1H3,(H,20,22)/t13-,16+/m0/s1. The molecule has 3 rings (SSSR count). The van der Waals surface area contributed by atoms with Gasteiger partial charge in [-0.15, -0.1) is 0 Å². The van der Waals surface area contributed by atoms with Crippen molar-refractivity contribution in [3.63, 3.8) is 0 Å². The molecule has 1 N–H and O–H groups in total. The van der Waals surface area contributed by atoms with Crippen molar-refractivity contribution in [2.75, 3.05) is 6.61 Å². The highest BCUT2D eigenvalue weighted by molar-refractivity contribution is 5.78. The normalized spacial score (nSPS) is 20.6. The smallest absolute Gasteiger partial charge is 0.226 e. The van der Waals surface area contributed by atoms with Gasteiger partial charge in [-0.3, -0.25) is 14.5 Å². The van der Waals surface area contributed by atoms with Crippen LogP contribution in [0.4, 0.5) is 4.39 Å². The maximum absolute atomic E-state index is 13.6. The van der Waals surface area contributed by atoms with Crippen LogP contribution >= 0.6 is 0 Å². The molecule has 122 valence electrons. The van der Waals surface area contributed by atoms with E-state index < -0.39 is 5.82 Å². The summed E-state index contributed by atoms with van der Waals surface area (Å²) >= 11 is 0. The van der Waals surface area contributed by atoms with Crippen LogP contribution in [0.3, 0.4) is 0 Å². The Morgan fingerprint density at radius 1 is 1.57 bits per heavy atom. The van der Waals surface area contributed by atoms with Gasteiger partial charge in [0.25, 0.3) is 0 Å². The van der Waals surface area contributed by atoms with E-state index in [1.165, 1.54) is 18.3 Å². The molecular formula is C16H19FN4O2. The molecule has 6 nitrogen and oxygen atoms in total. The first kappa shape index (κ1) is 15.6. The highest BCUT2D eigenvalue weighted by Crippen LogP contribution is 2.28. The third-order valence-electron chi connectivity index (χ3n) is 3.91. The lowest BCUT2D eigenvalue weighted by Gasteiger charge is -2.18. The Morgan fingerprint density at radius 2 is 2.43 bits per heavy atom. The number of aryl methyl sites for hydroxylation is 1. The lowest BCUT2D eigenvalue weighted by molar-refractivity contribution is -0.121. The molecular weight excluding hydrogens is 299 g/mol.